The number of nitrogens with two attached hydrogens (primary N) is 1. The van der Waals surface area contributed by atoms with E-state index in [9.17, 15) is 0 Å². The van der Waals surface area contributed by atoms with Crippen LogP contribution >= 0.6 is 0 Å². The lowest BCUT2D eigenvalue weighted by molar-refractivity contribution is 0.208. The normalized spacial score (nSPS) is 21.2. The highest BCUT2D eigenvalue weighted by Gasteiger charge is 2.26. The number of pyridine rings is 1. The highest BCUT2D eigenvalue weighted by molar-refractivity contribution is 5.34. The van der Waals surface area contributed by atoms with Crippen LogP contribution in [0.25, 0.3) is 0 Å². The van der Waals surface area contributed by atoms with Gasteiger partial charge in [0, 0.05) is 24.7 Å². The number of nitrogen functional groups attached to an aromatic ring is 1. The number of hydrogen-bond acceptors (Lipinski definition) is 3. The fourth-order valence-electron chi connectivity index (χ4n) is 2.73. The van der Waals surface area contributed by atoms with E-state index in [1.54, 1.807) is 6.20 Å². The van der Waals surface area contributed by atoms with Crippen molar-refractivity contribution in [3.63, 3.8) is 0 Å². The van der Waals surface area contributed by atoms with Crippen LogP contribution < -0.4 is 5.73 Å². The number of rotatable bonds is 4. The van der Waals surface area contributed by atoms with E-state index >= 15 is 0 Å². The predicted octanol–water partition coefficient (Wildman–Crippen LogP) is 2.33. The molecule has 1 atom stereocenters. The summed E-state index contributed by atoms with van der Waals surface area (Å²) in [4.78, 5) is 6.97. The van der Waals surface area contributed by atoms with Gasteiger partial charge in [0.05, 0.1) is 11.9 Å². The second kappa shape index (κ2) is 5.50. The first-order valence-corrected chi connectivity index (χ1v) is 6.61. The highest BCUT2D eigenvalue weighted by Crippen LogP contribution is 2.23. The zero-order valence-electron chi connectivity index (χ0n) is 10.9. The van der Waals surface area contributed by atoms with Crippen molar-refractivity contribution in [1.82, 2.24) is 9.88 Å². The van der Waals surface area contributed by atoms with Gasteiger partial charge in [0.1, 0.15) is 0 Å². The number of hydrogen-bond donors (Lipinski definition) is 1. The van der Waals surface area contributed by atoms with E-state index in [0.717, 1.165) is 36.3 Å². The van der Waals surface area contributed by atoms with E-state index in [0.29, 0.717) is 0 Å². The van der Waals surface area contributed by atoms with Crippen LogP contribution in [0, 0.1) is 5.92 Å². The van der Waals surface area contributed by atoms with Gasteiger partial charge in [-0.05, 0) is 37.4 Å². The lowest BCUT2D eigenvalue weighted by atomic mass is 10.0. The Balaban J connectivity index is 1.87. The van der Waals surface area contributed by atoms with E-state index in [-0.39, 0.29) is 0 Å². The molecule has 1 aromatic rings. The Labute approximate surface area is 104 Å². The molecular weight excluding hydrogens is 210 g/mol. The lowest BCUT2D eigenvalue weighted by Gasteiger charge is -2.27. The van der Waals surface area contributed by atoms with E-state index in [1.165, 1.54) is 19.4 Å². The van der Waals surface area contributed by atoms with Crippen LogP contribution in [0.4, 0.5) is 5.69 Å². The average Bonchev–Trinajstić information content (AvgIpc) is 2.76. The van der Waals surface area contributed by atoms with Crippen molar-refractivity contribution in [3.8, 4) is 0 Å². The van der Waals surface area contributed by atoms with E-state index < -0.39 is 0 Å². The first kappa shape index (κ1) is 12.4. The van der Waals surface area contributed by atoms with Crippen LogP contribution in [0.15, 0.2) is 18.3 Å². The average molecular weight is 233 g/mol. The van der Waals surface area contributed by atoms with Gasteiger partial charge in [-0.3, -0.25) is 9.88 Å². The number of nitrogens with zero attached hydrogens (tertiary/aromatic N) is 2. The van der Waals surface area contributed by atoms with Gasteiger partial charge in [-0.1, -0.05) is 13.8 Å². The SMILES string of the molecule is CC(C)C1CCCN1CCc1ccc(N)cn1. The van der Waals surface area contributed by atoms with Crippen LogP contribution in [0.1, 0.15) is 32.4 Å². The monoisotopic (exact) mass is 233 g/mol. The molecule has 2 heterocycles. The molecule has 0 amide bonds. The molecule has 2 N–H and O–H groups in total. The Morgan fingerprint density at radius 1 is 1.47 bits per heavy atom. The summed E-state index contributed by atoms with van der Waals surface area (Å²) in [6, 6.07) is 4.74. The molecule has 1 aromatic heterocycles. The summed E-state index contributed by atoms with van der Waals surface area (Å²) in [5.41, 5.74) is 7.53. The summed E-state index contributed by atoms with van der Waals surface area (Å²) in [6.07, 6.45) is 5.48. The molecule has 3 heteroatoms. The Kier molecular flexibility index (Phi) is 4.00. The molecule has 0 aliphatic carbocycles. The maximum absolute atomic E-state index is 5.63. The first-order chi connectivity index (χ1) is 8.16. The standard InChI is InChI=1S/C14H23N3/c1-11(2)14-4-3-8-17(14)9-7-13-6-5-12(15)10-16-13/h5-6,10-11,14H,3-4,7-9,15H2,1-2H3. The molecule has 0 bridgehead atoms. The quantitative estimate of drug-likeness (QED) is 0.868. The number of anilines is 1. The van der Waals surface area contributed by atoms with E-state index in [1.807, 2.05) is 12.1 Å². The molecule has 94 valence electrons. The summed E-state index contributed by atoms with van der Waals surface area (Å²) >= 11 is 0. The Bertz CT molecular complexity index is 345. The molecular formula is C14H23N3. The van der Waals surface area contributed by atoms with Crippen LogP contribution in [-0.4, -0.2) is 29.0 Å². The smallest absolute Gasteiger partial charge is 0.0501 e. The van der Waals surface area contributed by atoms with E-state index in [4.69, 9.17) is 5.73 Å². The molecule has 3 nitrogen and oxygen atoms in total. The van der Waals surface area contributed by atoms with Crippen LogP contribution in [-0.2, 0) is 6.42 Å². The molecule has 0 spiro atoms. The largest absolute Gasteiger partial charge is 0.397 e. The van der Waals surface area contributed by atoms with Crippen molar-refractivity contribution in [3.05, 3.63) is 24.0 Å². The summed E-state index contributed by atoms with van der Waals surface area (Å²) in [5.74, 6) is 0.761. The Hall–Kier alpha value is -1.09. The summed E-state index contributed by atoms with van der Waals surface area (Å²) in [5, 5.41) is 0. The molecule has 0 aromatic carbocycles. The van der Waals surface area contributed by atoms with Crippen LogP contribution in [0.3, 0.4) is 0 Å². The van der Waals surface area contributed by atoms with Crippen LogP contribution in [0.2, 0.25) is 0 Å². The minimum atomic E-state index is 0.745. The van der Waals surface area contributed by atoms with Crippen molar-refractivity contribution in [2.45, 2.75) is 39.2 Å². The zero-order valence-corrected chi connectivity index (χ0v) is 10.9. The number of aromatic nitrogens is 1. The molecule has 2 rings (SSSR count). The Morgan fingerprint density at radius 2 is 2.29 bits per heavy atom. The summed E-state index contributed by atoms with van der Waals surface area (Å²) in [7, 11) is 0. The molecule has 17 heavy (non-hydrogen) atoms. The van der Waals surface area contributed by atoms with Gasteiger partial charge in [-0.25, -0.2) is 0 Å². The third-order valence-electron chi connectivity index (χ3n) is 3.69. The first-order valence-electron chi connectivity index (χ1n) is 6.61. The van der Waals surface area contributed by atoms with Crippen LogP contribution in [0.5, 0.6) is 0 Å². The molecule has 1 unspecified atom stereocenters. The third kappa shape index (κ3) is 3.19. The fraction of sp³-hybridized carbons (Fsp3) is 0.643. The maximum Gasteiger partial charge on any atom is 0.0501 e. The Morgan fingerprint density at radius 3 is 2.94 bits per heavy atom. The summed E-state index contributed by atoms with van der Waals surface area (Å²) in [6.45, 7) is 7.02. The van der Waals surface area contributed by atoms with Crippen molar-refractivity contribution >= 4 is 5.69 Å². The van der Waals surface area contributed by atoms with Crippen molar-refractivity contribution < 1.29 is 0 Å². The number of likely N-dealkylation sites (tertiary alicyclic amines) is 1. The maximum atomic E-state index is 5.63. The molecule has 1 fully saturated rings. The second-order valence-corrected chi connectivity index (χ2v) is 5.32. The molecule has 1 saturated heterocycles. The van der Waals surface area contributed by atoms with Gasteiger partial charge < -0.3 is 5.73 Å². The van der Waals surface area contributed by atoms with Gasteiger partial charge in [0.2, 0.25) is 0 Å². The highest BCUT2D eigenvalue weighted by atomic mass is 15.2. The predicted molar refractivity (Wildman–Crippen MR) is 71.8 cm³/mol. The van der Waals surface area contributed by atoms with Gasteiger partial charge in [-0.2, -0.15) is 0 Å². The van der Waals surface area contributed by atoms with E-state index in [2.05, 4.69) is 23.7 Å². The van der Waals surface area contributed by atoms with Crippen molar-refractivity contribution in [2.75, 3.05) is 18.8 Å². The molecule has 1 aliphatic heterocycles. The lowest BCUT2D eigenvalue weighted by Crippen LogP contribution is -2.35. The second-order valence-electron chi connectivity index (χ2n) is 5.32. The van der Waals surface area contributed by atoms with Gasteiger partial charge in [-0.15, -0.1) is 0 Å². The molecule has 1 aliphatic rings. The van der Waals surface area contributed by atoms with Gasteiger partial charge >= 0.3 is 0 Å². The minimum Gasteiger partial charge on any atom is -0.397 e. The van der Waals surface area contributed by atoms with Crippen molar-refractivity contribution in [1.29, 1.82) is 0 Å². The molecule has 0 saturated carbocycles. The summed E-state index contributed by atoms with van der Waals surface area (Å²) < 4.78 is 0. The minimum absolute atomic E-state index is 0.745. The van der Waals surface area contributed by atoms with Gasteiger partial charge in [0.15, 0.2) is 0 Å². The molecule has 0 radical (unpaired) electrons. The zero-order chi connectivity index (χ0) is 12.3. The van der Waals surface area contributed by atoms with Gasteiger partial charge in [0.25, 0.3) is 0 Å². The topological polar surface area (TPSA) is 42.1 Å². The fourth-order valence-corrected chi connectivity index (χ4v) is 2.73. The third-order valence-corrected chi connectivity index (χ3v) is 3.69. The van der Waals surface area contributed by atoms with Crippen molar-refractivity contribution in [2.24, 2.45) is 5.92 Å².